The van der Waals surface area contributed by atoms with Crippen LogP contribution in [0, 0.1) is 5.82 Å². The van der Waals surface area contributed by atoms with Gasteiger partial charge in [-0.1, -0.05) is 36.8 Å². The van der Waals surface area contributed by atoms with Crippen molar-refractivity contribution in [3.63, 3.8) is 0 Å². The molecule has 0 radical (unpaired) electrons. The van der Waals surface area contributed by atoms with Crippen LogP contribution in [0.5, 0.6) is 0 Å². The van der Waals surface area contributed by atoms with E-state index in [-0.39, 0.29) is 16.9 Å². The van der Waals surface area contributed by atoms with Gasteiger partial charge in [-0.05, 0) is 24.1 Å². The first-order valence-electron chi connectivity index (χ1n) is 7.21. The van der Waals surface area contributed by atoms with E-state index in [1.54, 1.807) is 6.07 Å². The molecule has 0 aliphatic carbocycles. The lowest BCUT2D eigenvalue weighted by Gasteiger charge is -2.38. The van der Waals surface area contributed by atoms with Crippen LogP contribution in [0.1, 0.15) is 18.9 Å². The van der Waals surface area contributed by atoms with E-state index in [4.69, 9.17) is 29.6 Å². The molecule has 1 atom stereocenters. The van der Waals surface area contributed by atoms with Gasteiger partial charge < -0.3 is 5.73 Å². The van der Waals surface area contributed by atoms with Crippen molar-refractivity contribution >= 4 is 28.8 Å². The SMILES string of the molecule is CCC(C(N)=S)N1CCN(Cc2ccc(Cl)c(F)c2)CC1. The van der Waals surface area contributed by atoms with Crippen molar-refractivity contribution in [2.75, 3.05) is 26.2 Å². The summed E-state index contributed by atoms with van der Waals surface area (Å²) < 4.78 is 13.4. The Hall–Kier alpha value is -0.750. The fourth-order valence-electron chi connectivity index (χ4n) is 2.77. The van der Waals surface area contributed by atoms with E-state index in [1.807, 2.05) is 6.07 Å². The number of benzene rings is 1. The van der Waals surface area contributed by atoms with Crippen molar-refractivity contribution in [3.05, 3.63) is 34.6 Å². The van der Waals surface area contributed by atoms with Crippen LogP contribution in [-0.2, 0) is 6.54 Å². The topological polar surface area (TPSA) is 32.5 Å². The third-order valence-electron chi connectivity index (χ3n) is 3.95. The minimum atomic E-state index is -0.354. The molecule has 2 rings (SSSR count). The van der Waals surface area contributed by atoms with Crippen molar-refractivity contribution in [3.8, 4) is 0 Å². The molecular formula is C15H21ClFN3S. The molecule has 0 amide bonds. The summed E-state index contributed by atoms with van der Waals surface area (Å²) in [5.41, 5.74) is 6.74. The molecule has 0 aromatic heterocycles. The Balaban J connectivity index is 1.89. The average molecular weight is 330 g/mol. The second kappa shape index (κ2) is 7.49. The third kappa shape index (κ3) is 4.36. The highest BCUT2D eigenvalue weighted by molar-refractivity contribution is 7.80. The Kier molecular flexibility index (Phi) is 5.93. The van der Waals surface area contributed by atoms with Crippen molar-refractivity contribution in [1.29, 1.82) is 0 Å². The van der Waals surface area contributed by atoms with Gasteiger partial charge in [-0.15, -0.1) is 0 Å². The molecule has 1 fully saturated rings. The summed E-state index contributed by atoms with van der Waals surface area (Å²) in [6, 6.07) is 5.19. The molecule has 1 aliphatic heterocycles. The number of thiocarbonyl (C=S) groups is 1. The Morgan fingerprint density at radius 2 is 2.05 bits per heavy atom. The van der Waals surface area contributed by atoms with Gasteiger partial charge in [0.2, 0.25) is 0 Å². The highest BCUT2D eigenvalue weighted by Crippen LogP contribution is 2.18. The highest BCUT2D eigenvalue weighted by Gasteiger charge is 2.24. The number of halogens is 2. The van der Waals surface area contributed by atoms with Crippen molar-refractivity contribution in [1.82, 2.24) is 9.80 Å². The molecule has 1 heterocycles. The summed E-state index contributed by atoms with van der Waals surface area (Å²) in [4.78, 5) is 5.22. The molecule has 1 aliphatic rings. The molecular weight excluding hydrogens is 309 g/mol. The zero-order valence-corrected chi connectivity index (χ0v) is 13.8. The van der Waals surface area contributed by atoms with Crippen LogP contribution < -0.4 is 5.73 Å². The van der Waals surface area contributed by atoms with Crippen LogP contribution in [0.2, 0.25) is 5.02 Å². The van der Waals surface area contributed by atoms with Gasteiger partial charge in [0, 0.05) is 32.7 Å². The van der Waals surface area contributed by atoms with E-state index in [0.29, 0.717) is 4.99 Å². The molecule has 1 aromatic rings. The second-order valence-corrected chi connectivity index (χ2v) is 6.27. The number of piperazine rings is 1. The maximum absolute atomic E-state index is 13.4. The Morgan fingerprint density at radius 1 is 1.38 bits per heavy atom. The predicted octanol–water partition coefficient (Wildman–Crippen LogP) is 2.66. The van der Waals surface area contributed by atoms with Crippen LogP contribution in [-0.4, -0.2) is 47.0 Å². The minimum Gasteiger partial charge on any atom is -0.392 e. The van der Waals surface area contributed by atoms with E-state index >= 15 is 0 Å². The van der Waals surface area contributed by atoms with Crippen molar-refractivity contribution < 1.29 is 4.39 Å². The van der Waals surface area contributed by atoms with E-state index in [0.717, 1.165) is 44.7 Å². The van der Waals surface area contributed by atoms with Crippen LogP contribution >= 0.6 is 23.8 Å². The van der Waals surface area contributed by atoms with Gasteiger partial charge in [0.1, 0.15) is 5.82 Å². The molecule has 1 unspecified atom stereocenters. The van der Waals surface area contributed by atoms with Gasteiger partial charge >= 0.3 is 0 Å². The van der Waals surface area contributed by atoms with Crippen LogP contribution in [0.25, 0.3) is 0 Å². The molecule has 0 spiro atoms. The second-order valence-electron chi connectivity index (χ2n) is 5.39. The summed E-state index contributed by atoms with van der Waals surface area (Å²) in [6.07, 6.45) is 0.942. The predicted molar refractivity (Wildman–Crippen MR) is 89.1 cm³/mol. The molecule has 1 saturated heterocycles. The number of hydrogen-bond acceptors (Lipinski definition) is 3. The fraction of sp³-hybridized carbons (Fsp3) is 0.533. The molecule has 21 heavy (non-hydrogen) atoms. The number of rotatable bonds is 5. The Labute approximate surface area is 135 Å². The number of hydrogen-bond donors (Lipinski definition) is 1. The summed E-state index contributed by atoms with van der Waals surface area (Å²) >= 11 is 10.8. The van der Waals surface area contributed by atoms with Crippen LogP contribution in [0.4, 0.5) is 4.39 Å². The maximum atomic E-state index is 13.4. The summed E-state index contributed by atoms with van der Waals surface area (Å²) in [7, 11) is 0. The maximum Gasteiger partial charge on any atom is 0.142 e. The Morgan fingerprint density at radius 3 is 2.57 bits per heavy atom. The zero-order valence-electron chi connectivity index (χ0n) is 12.2. The summed E-state index contributed by atoms with van der Waals surface area (Å²) in [6.45, 7) is 6.59. The minimum absolute atomic E-state index is 0.172. The van der Waals surface area contributed by atoms with E-state index in [1.165, 1.54) is 6.07 Å². The highest BCUT2D eigenvalue weighted by atomic mass is 35.5. The van der Waals surface area contributed by atoms with Gasteiger partial charge in [-0.25, -0.2) is 4.39 Å². The van der Waals surface area contributed by atoms with E-state index in [2.05, 4.69) is 16.7 Å². The van der Waals surface area contributed by atoms with E-state index in [9.17, 15) is 4.39 Å². The average Bonchev–Trinajstić information content (AvgIpc) is 2.45. The van der Waals surface area contributed by atoms with Crippen LogP contribution in [0.15, 0.2) is 18.2 Å². The molecule has 3 nitrogen and oxygen atoms in total. The smallest absolute Gasteiger partial charge is 0.142 e. The standard InChI is InChI=1S/C15H21ClFN3S/c1-2-14(15(18)21)20-7-5-19(6-8-20)10-11-3-4-12(16)13(17)9-11/h3-4,9,14H,2,5-8,10H2,1H3,(H2,18,21). The molecule has 0 bridgehead atoms. The third-order valence-corrected chi connectivity index (χ3v) is 4.53. The quantitative estimate of drug-likeness (QED) is 0.842. The Bertz CT molecular complexity index is 504. The lowest BCUT2D eigenvalue weighted by molar-refractivity contribution is 0.112. The number of nitrogens with zero attached hydrogens (tertiary/aromatic N) is 2. The lowest BCUT2D eigenvalue weighted by atomic mass is 10.1. The summed E-state index contributed by atoms with van der Waals surface area (Å²) in [5, 5.41) is 0.172. The molecule has 2 N–H and O–H groups in total. The van der Waals surface area contributed by atoms with E-state index < -0.39 is 0 Å². The molecule has 1 aromatic carbocycles. The molecule has 6 heteroatoms. The van der Waals surface area contributed by atoms with Crippen molar-refractivity contribution in [2.45, 2.75) is 25.9 Å². The first-order chi connectivity index (χ1) is 10.0. The van der Waals surface area contributed by atoms with Crippen LogP contribution in [0.3, 0.4) is 0 Å². The monoisotopic (exact) mass is 329 g/mol. The number of nitrogens with two attached hydrogens (primary N) is 1. The largest absolute Gasteiger partial charge is 0.392 e. The molecule has 0 saturated carbocycles. The van der Waals surface area contributed by atoms with Gasteiger partial charge in [0.05, 0.1) is 16.1 Å². The first kappa shape index (κ1) is 16.6. The van der Waals surface area contributed by atoms with Gasteiger partial charge in [-0.3, -0.25) is 9.80 Å². The summed E-state index contributed by atoms with van der Waals surface area (Å²) in [5.74, 6) is -0.354. The lowest BCUT2D eigenvalue weighted by Crippen LogP contribution is -2.53. The normalized spacial score (nSPS) is 18.6. The first-order valence-corrected chi connectivity index (χ1v) is 7.99. The van der Waals surface area contributed by atoms with Gasteiger partial charge in [0.25, 0.3) is 0 Å². The van der Waals surface area contributed by atoms with Gasteiger partial charge in [-0.2, -0.15) is 0 Å². The van der Waals surface area contributed by atoms with Gasteiger partial charge in [0.15, 0.2) is 0 Å². The molecule has 116 valence electrons. The zero-order chi connectivity index (χ0) is 15.4. The fourth-order valence-corrected chi connectivity index (χ4v) is 3.20. The van der Waals surface area contributed by atoms with Crippen molar-refractivity contribution in [2.24, 2.45) is 5.73 Å².